The van der Waals surface area contributed by atoms with E-state index in [1.54, 1.807) is 31.2 Å². The average Bonchev–Trinajstić information content (AvgIpc) is 3.30. The van der Waals surface area contributed by atoms with Crippen LogP contribution in [0.25, 0.3) is 33.4 Å². The van der Waals surface area contributed by atoms with Crippen LogP contribution in [-0.2, 0) is 10.1 Å². The van der Waals surface area contributed by atoms with Crippen LogP contribution in [0.3, 0.4) is 0 Å². The van der Waals surface area contributed by atoms with E-state index in [2.05, 4.69) is 10.2 Å². The van der Waals surface area contributed by atoms with Crippen LogP contribution >= 0.6 is 0 Å². The van der Waals surface area contributed by atoms with Gasteiger partial charge in [-0.05, 0) is 61.9 Å². The standard InChI is InChI=1S/C29H29FN2O6S/c1-4-25(33)27-23-15-22(19-8-7-9-20(14-19)29(34)31-17-39(35,36)37)24(32(5-2)6-3)16-26(23)38-28(27)18-10-12-21(30)13-11-18/h7-16H,4-6,17H2,1-3H3,(H,31,34)(H,35,36,37). The van der Waals surface area contributed by atoms with Gasteiger partial charge >= 0.3 is 0 Å². The van der Waals surface area contributed by atoms with E-state index in [-0.39, 0.29) is 17.8 Å². The lowest BCUT2D eigenvalue weighted by Gasteiger charge is -2.24. The fraction of sp³-hybridized carbons (Fsp3) is 0.241. The molecule has 4 rings (SSSR count). The quantitative estimate of drug-likeness (QED) is 0.185. The molecule has 0 saturated heterocycles. The minimum absolute atomic E-state index is 0.132. The van der Waals surface area contributed by atoms with Gasteiger partial charge in [0.2, 0.25) is 0 Å². The number of nitrogens with one attached hydrogen (secondary N) is 1. The highest BCUT2D eigenvalue weighted by molar-refractivity contribution is 7.85. The molecule has 1 heterocycles. The molecule has 0 spiro atoms. The number of carbonyl (C=O) groups is 2. The molecule has 0 fully saturated rings. The summed E-state index contributed by atoms with van der Waals surface area (Å²) >= 11 is 0. The molecule has 0 aliphatic heterocycles. The van der Waals surface area contributed by atoms with Crippen molar-refractivity contribution in [2.45, 2.75) is 27.2 Å². The van der Waals surface area contributed by atoms with Crippen LogP contribution in [0.5, 0.6) is 0 Å². The zero-order valence-electron chi connectivity index (χ0n) is 21.8. The van der Waals surface area contributed by atoms with E-state index in [9.17, 15) is 22.4 Å². The van der Waals surface area contributed by atoms with E-state index in [1.165, 1.54) is 18.2 Å². The predicted molar refractivity (Wildman–Crippen MR) is 149 cm³/mol. The summed E-state index contributed by atoms with van der Waals surface area (Å²) in [4.78, 5) is 27.9. The molecule has 0 aliphatic rings. The predicted octanol–water partition coefficient (Wildman–Crippen LogP) is 5.92. The van der Waals surface area contributed by atoms with Crippen molar-refractivity contribution in [3.05, 3.63) is 77.6 Å². The highest BCUT2D eigenvalue weighted by atomic mass is 32.2. The number of halogens is 1. The molecule has 0 radical (unpaired) electrons. The fourth-order valence-electron chi connectivity index (χ4n) is 4.53. The van der Waals surface area contributed by atoms with Crippen LogP contribution in [0.15, 0.2) is 65.1 Å². The van der Waals surface area contributed by atoms with Crippen molar-refractivity contribution in [2.24, 2.45) is 0 Å². The van der Waals surface area contributed by atoms with E-state index >= 15 is 0 Å². The van der Waals surface area contributed by atoms with E-state index in [4.69, 9.17) is 8.97 Å². The maximum absolute atomic E-state index is 13.6. The van der Waals surface area contributed by atoms with Gasteiger partial charge in [-0.1, -0.05) is 19.1 Å². The average molecular weight is 553 g/mol. The third kappa shape index (κ3) is 6.02. The zero-order chi connectivity index (χ0) is 28.3. The first-order valence-electron chi connectivity index (χ1n) is 12.5. The molecule has 2 N–H and O–H groups in total. The summed E-state index contributed by atoms with van der Waals surface area (Å²) in [6.07, 6.45) is 0.235. The molecule has 3 aromatic carbocycles. The third-order valence-electron chi connectivity index (χ3n) is 6.47. The number of hydrogen-bond acceptors (Lipinski definition) is 6. The summed E-state index contributed by atoms with van der Waals surface area (Å²) in [7, 11) is -4.38. The molecule has 8 nitrogen and oxygen atoms in total. The molecular weight excluding hydrogens is 523 g/mol. The largest absolute Gasteiger partial charge is 0.455 e. The molecular formula is C29H29FN2O6S. The van der Waals surface area contributed by atoms with E-state index in [0.717, 1.165) is 11.3 Å². The molecule has 0 unspecified atom stereocenters. The van der Waals surface area contributed by atoms with Crippen LogP contribution < -0.4 is 10.2 Å². The van der Waals surface area contributed by atoms with Crippen molar-refractivity contribution in [2.75, 3.05) is 23.9 Å². The maximum Gasteiger partial charge on any atom is 0.283 e. The number of carbonyl (C=O) groups excluding carboxylic acids is 2. The Kier molecular flexibility index (Phi) is 8.17. The Balaban J connectivity index is 1.94. The minimum atomic E-state index is -4.38. The second-order valence-electron chi connectivity index (χ2n) is 8.94. The Hall–Kier alpha value is -4.02. The molecule has 39 heavy (non-hydrogen) atoms. The number of amides is 1. The van der Waals surface area contributed by atoms with Gasteiger partial charge in [0.1, 0.15) is 23.0 Å². The molecule has 4 aromatic rings. The van der Waals surface area contributed by atoms with Gasteiger partial charge in [0, 0.05) is 53.3 Å². The molecule has 204 valence electrons. The Labute approximate surface area is 226 Å². The summed E-state index contributed by atoms with van der Waals surface area (Å²) in [5.74, 6) is -1.74. The van der Waals surface area contributed by atoms with Crippen molar-refractivity contribution < 1.29 is 31.4 Å². The van der Waals surface area contributed by atoms with Crippen LogP contribution in [0, 0.1) is 5.82 Å². The van der Waals surface area contributed by atoms with Crippen molar-refractivity contribution >= 4 is 38.5 Å². The van der Waals surface area contributed by atoms with Crippen molar-refractivity contribution in [3.63, 3.8) is 0 Å². The van der Waals surface area contributed by atoms with Gasteiger partial charge < -0.3 is 14.6 Å². The summed E-state index contributed by atoms with van der Waals surface area (Å²) in [5.41, 5.74) is 3.90. The van der Waals surface area contributed by atoms with Gasteiger partial charge in [0.05, 0.1) is 5.56 Å². The van der Waals surface area contributed by atoms with E-state index < -0.39 is 27.7 Å². The molecule has 1 aromatic heterocycles. The second-order valence-corrected chi connectivity index (χ2v) is 10.4. The second kappa shape index (κ2) is 11.4. The lowest BCUT2D eigenvalue weighted by Crippen LogP contribution is -2.29. The van der Waals surface area contributed by atoms with Gasteiger partial charge in [-0.25, -0.2) is 4.39 Å². The number of hydrogen-bond donors (Lipinski definition) is 2. The maximum atomic E-state index is 13.6. The first-order chi connectivity index (χ1) is 18.6. The topological polar surface area (TPSA) is 117 Å². The molecule has 1 amide bonds. The van der Waals surface area contributed by atoms with Crippen molar-refractivity contribution in [1.82, 2.24) is 5.32 Å². The number of rotatable bonds is 10. The SMILES string of the molecule is CCC(=O)c1c(-c2ccc(F)cc2)oc2cc(N(CC)CC)c(-c3cccc(C(=O)NCS(=O)(=O)O)c3)cc12. The third-order valence-corrected chi connectivity index (χ3v) is 6.98. The van der Waals surface area contributed by atoms with E-state index in [1.807, 2.05) is 32.0 Å². The fourth-order valence-corrected chi connectivity index (χ4v) is 4.85. The van der Waals surface area contributed by atoms with Gasteiger partial charge in [-0.15, -0.1) is 0 Å². The molecule has 0 bridgehead atoms. The Morgan fingerprint density at radius 3 is 2.28 bits per heavy atom. The summed E-state index contributed by atoms with van der Waals surface area (Å²) in [6, 6.07) is 16.1. The van der Waals surface area contributed by atoms with Crippen LogP contribution in [0.2, 0.25) is 0 Å². The van der Waals surface area contributed by atoms with Gasteiger partial charge in [0.15, 0.2) is 5.78 Å². The number of nitrogens with zero attached hydrogens (tertiary/aromatic N) is 1. The van der Waals surface area contributed by atoms with Crippen LogP contribution in [0.1, 0.15) is 47.9 Å². The van der Waals surface area contributed by atoms with Crippen molar-refractivity contribution in [3.8, 4) is 22.5 Å². The highest BCUT2D eigenvalue weighted by Gasteiger charge is 2.24. The number of Topliss-reactive ketones (excluding diaryl/α,β-unsaturated/α-hetero) is 1. The molecule has 0 saturated carbocycles. The number of ketones is 1. The first-order valence-corrected chi connectivity index (χ1v) is 14.2. The number of benzene rings is 3. The number of fused-ring (bicyclic) bond motifs is 1. The smallest absolute Gasteiger partial charge is 0.283 e. The number of furan rings is 1. The normalized spacial score (nSPS) is 11.5. The lowest BCUT2D eigenvalue weighted by molar-refractivity contribution is 0.0957. The monoisotopic (exact) mass is 552 g/mol. The van der Waals surface area contributed by atoms with Gasteiger partial charge in [0.25, 0.3) is 16.0 Å². The summed E-state index contributed by atoms with van der Waals surface area (Å²) < 4.78 is 51.0. The van der Waals surface area contributed by atoms with Gasteiger partial charge in [-0.2, -0.15) is 8.42 Å². The Morgan fingerprint density at radius 2 is 1.67 bits per heavy atom. The zero-order valence-corrected chi connectivity index (χ0v) is 22.6. The minimum Gasteiger partial charge on any atom is -0.455 e. The van der Waals surface area contributed by atoms with Crippen molar-refractivity contribution in [1.29, 1.82) is 0 Å². The first kappa shape index (κ1) is 28.0. The van der Waals surface area contributed by atoms with Crippen LogP contribution in [-0.4, -0.2) is 43.6 Å². The Bertz CT molecular complexity index is 1640. The molecule has 0 atom stereocenters. The highest BCUT2D eigenvalue weighted by Crippen LogP contribution is 2.41. The van der Waals surface area contributed by atoms with Crippen LogP contribution in [0.4, 0.5) is 10.1 Å². The van der Waals surface area contributed by atoms with E-state index in [0.29, 0.717) is 46.5 Å². The molecule has 0 aliphatic carbocycles. The number of anilines is 1. The summed E-state index contributed by atoms with van der Waals surface area (Å²) in [6.45, 7) is 7.13. The Morgan fingerprint density at radius 1 is 0.974 bits per heavy atom. The summed E-state index contributed by atoms with van der Waals surface area (Å²) in [5, 5.41) is 2.78. The molecule has 10 heteroatoms. The lowest BCUT2D eigenvalue weighted by atomic mass is 9.95. The van der Waals surface area contributed by atoms with Gasteiger partial charge in [-0.3, -0.25) is 14.1 Å².